The summed E-state index contributed by atoms with van der Waals surface area (Å²) in [6, 6.07) is 5.49. The van der Waals surface area contributed by atoms with Crippen LogP contribution in [-0.4, -0.2) is 75.2 Å². The first-order valence-corrected chi connectivity index (χ1v) is 8.87. The molecule has 146 valence electrons. The molecule has 0 amide bonds. The van der Waals surface area contributed by atoms with Gasteiger partial charge >= 0.3 is 0 Å². The molecule has 1 aromatic carbocycles. The molecule has 2 atom stereocenters. The lowest BCUT2D eigenvalue weighted by Gasteiger charge is -2.47. The van der Waals surface area contributed by atoms with Crippen LogP contribution >= 0.6 is 24.0 Å². The third kappa shape index (κ3) is 4.98. The average molecular weight is 477 g/mol. The molecule has 3 heterocycles. The predicted octanol–water partition coefficient (Wildman–Crippen LogP) is 1.68. The first-order valence-electron chi connectivity index (χ1n) is 8.87. The summed E-state index contributed by atoms with van der Waals surface area (Å²) < 4.78 is 18.9. The first-order chi connectivity index (χ1) is 12.1. The monoisotopic (exact) mass is 477 g/mol. The van der Waals surface area contributed by atoms with Gasteiger partial charge in [0.05, 0.1) is 13.2 Å². The number of hydrogen-bond acceptors (Lipinski definition) is 4. The number of aliphatic imine (C=N–C) groups is 1. The van der Waals surface area contributed by atoms with Gasteiger partial charge in [0.15, 0.2) is 17.5 Å². The average Bonchev–Trinajstić information content (AvgIpc) is 2.65. The van der Waals surface area contributed by atoms with Crippen molar-refractivity contribution >= 4 is 29.9 Å². The molecular formula is C18H29FIN5O. The molecule has 2 N–H and O–H groups in total. The molecule has 2 unspecified atom stereocenters. The van der Waals surface area contributed by atoms with E-state index in [4.69, 9.17) is 4.74 Å². The minimum atomic E-state index is -0.350. The second-order valence-corrected chi connectivity index (χ2v) is 6.70. The van der Waals surface area contributed by atoms with E-state index in [-0.39, 0.29) is 41.6 Å². The minimum absolute atomic E-state index is 0. The Bertz CT molecular complexity index is 622. The Labute approximate surface area is 172 Å². The summed E-state index contributed by atoms with van der Waals surface area (Å²) >= 11 is 0. The highest BCUT2D eigenvalue weighted by Crippen LogP contribution is 2.21. The highest BCUT2D eigenvalue weighted by molar-refractivity contribution is 14.0. The van der Waals surface area contributed by atoms with Gasteiger partial charge in [-0.2, -0.15) is 0 Å². The van der Waals surface area contributed by atoms with Crippen LogP contribution in [0.1, 0.15) is 18.5 Å². The number of fused-ring (bicyclic) bond motifs is 3. The van der Waals surface area contributed by atoms with Crippen molar-refractivity contribution in [2.75, 3.05) is 53.4 Å². The van der Waals surface area contributed by atoms with Gasteiger partial charge in [-0.1, -0.05) is 6.07 Å². The zero-order valence-electron chi connectivity index (χ0n) is 15.7. The van der Waals surface area contributed by atoms with Gasteiger partial charge in [-0.15, -0.1) is 24.0 Å². The van der Waals surface area contributed by atoms with Gasteiger partial charge in [0.1, 0.15) is 0 Å². The lowest BCUT2D eigenvalue weighted by Crippen LogP contribution is -2.63. The highest BCUT2D eigenvalue weighted by Gasteiger charge is 2.31. The van der Waals surface area contributed by atoms with Crippen LogP contribution < -0.4 is 15.4 Å². The topological polar surface area (TPSA) is 52.1 Å². The lowest BCUT2D eigenvalue weighted by atomic mass is 10.1. The Morgan fingerprint density at radius 1 is 1.35 bits per heavy atom. The van der Waals surface area contributed by atoms with Crippen molar-refractivity contribution in [2.45, 2.75) is 19.0 Å². The summed E-state index contributed by atoms with van der Waals surface area (Å²) in [6.07, 6.45) is 0. The summed E-state index contributed by atoms with van der Waals surface area (Å²) in [5, 5.41) is 6.74. The molecule has 0 radical (unpaired) electrons. The van der Waals surface area contributed by atoms with E-state index >= 15 is 0 Å². The molecule has 26 heavy (non-hydrogen) atoms. The third-order valence-electron chi connectivity index (χ3n) is 5.15. The number of nitrogens with zero attached hydrogens (tertiary/aromatic N) is 3. The van der Waals surface area contributed by atoms with E-state index in [1.54, 1.807) is 13.1 Å². The molecule has 3 fully saturated rings. The van der Waals surface area contributed by atoms with Gasteiger partial charge in [-0.25, -0.2) is 4.39 Å². The normalized spacial score (nSPS) is 26.0. The smallest absolute Gasteiger partial charge is 0.191 e. The number of benzene rings is 1. The largest absolute Gasteiger partial charge is 0.494 e. The number of piperazine rings is 3. The predicted molar refractivity (Wildman–Crippen MR) is 113 cm³/mol. The molecular weight excluding hydrogens is 448 g/mol. The molecule has 4 rings (SSSR count). The molecule has 0 saturated carbocycles. The maximum atomic E-state index is 13.9. The van der Waals surface area contributed by atoms with Gasteiger partial charge in [0, 0.05) is 52.4 Å². The maximum Gasteiger partial charge on any atom is 0.191 e. The molecule has 0 aliphatic carbocycles. The number of methoxy groups -OCH3 is 1. The van der Waals surface area contributed by atoms with Crippen LogP contribution in [0, 0.1) is 5.82 Å². The Morgan fingerprint density at radius 3 is 2.62 bits per heavy atom. The maximum absolute atomic E-state index is 13.9. The number of hydrogen-bond donors (Lipinski definition) is 2. The van der Waals surface area contributed by atoms with E-state index in [1.807, 2.05) is 13.0 Å². The fourth-order valence-electron chi connectivity index (χ4n) is 3.57. The molecule has 1 aromatic rings. The van der Waals surface area contributed by atoms with Gasteiger partial charge in [0.25, 0.3) is 0 Å². The van der Waals surface area contributed by atoms with Crippen molar-refractivity contribution in [3.63, 3.8) is 0 Å². The molecule has 3 saturated heterocycles. The lowest BCUT2D eigenvalue weighted by molar-refractivity contribution is 0.0154. The van der Waals surface area contributed by atoms with Crippen LogP contribution in [0.2, 0.25) is 0 Å². The van der Waals surface area contributed by atoms with Crippen LogP contribution in [0.25, 0.3) is 0 Å². The summed E-state index contributed by atoms with van der Waals surface area (Å²) in [5.41, 5.74) is 0.854. The Morgan fingerprint density at radius 2 is 2.08 bits per heavy atom. The molecule has 8 heteroatoms. The van der Waals surface area contributed by atoms with Gasteiger partial charge in [-0.05, 0) is 24.6 Å². The first kappa shape index (κ1) is 21.2. The van der Waals surface area contributed by atoms with Crippen LogP contribution in [0.5, 0.6) is 5.75 Å². The zero-order valence-corrected chi connectivity index (χ0v) is 18.0. The molecule has 2 bridgehead atoms. The van der Waals surface area contributed by atoms with Crippen LogP contribution in [0.15, 0.2) is 23.2 Å². The van der Waals surface area contributed by atoms with Crippen molar-refractivity contribution in [1.82, 2.24) is 20.4 Å². The van der Waals surface area contributed by atoms with E-state index in [2.05, 4.69) is 25.4 Å². The molecule has 3 aliphatic rings. The second kappa shape index (κ2) is 9.70. The summed E-state index contributed by atoms with van der Waals surface area (Å²) in [7, 11) is 3.23. The van der Waals surface area contributed by atoms with E-state index in [9.17, 15) is 4.39 Å². The molecule has 0 aromatic heterocycles. The number of rotatable bonds is 5. The van der Waals surface area contributed by atoms with Crippen molar-refractivity contribution in [1.29, 1.82) is 0 Å². The number of ether oxygens (including phenoxy) is 1. The van der Waals surface area contributed by atoms with Crippen LogP contribution in [0.4, 0.5) is 4.39 Å². The Kier molecular flexibility index (Phi) is 7.90. The third-order valence-corrected chi connectivity index (χ3v) is 5.15. The number of halogens is 2. The van der Waals surface area contributed by atoms with E-state index in [0.717, 1.165) is 37.7 Å². The van der Waals surface area contributed by atoms with Gasteiger partial charge in [0.2, 0.25) is 0 Å². The fraction of sp³-hybridized carbons (Fsp3) is 0.611. The van der Waals surface area contributed by atoms with Gasteiger partial charge < -0.3 is 15.4 Å². The fourth-order valence-corrected chi connectivity index (χ4v) is 3.57. The van der Waals surface area contributed by atoms with Gasteiger partial charge in [-0.3, -0.25) is 14.8 Å². The summed E-state index contributed by atoms with van der Waals surface area (Å²) in [5.74, 6) is 0.646. The van der Waals surface area contributed by atoms with E-state index in [0.29, 0.717) is 6.04 Å². The summed E-state index contributed by atoms with van der Waals surface area (Å²) in [4.78, 5) is 9.36. The SMILES string of the molecule is CN=C(NCC1CN2CCN1CC2)NC(C)c1ccc(OC)c(F)c1.I. The quantitative estimate of drug-likeness (QED) is 0.384. The number of guanidine groups is 1. The van der Waals surface area contributed by atoms with E-state index < -0.39 is 0 Å². The minimum Gasteiger partial charge on any atom is -0.494 e. The molecule has 3 aliphatic heterocycles. The zero-order chi connectivity index (χ0) is 17.8. The van der Waals surface area contributed by atoms with Crippen molar-refractivity contribution in [3.8, 4) is 5.75 Å². The Hall–Kier alpha value is -1.13. The van der Waals surface area contributed by atoms with Crippen molar-refractivity contribution in [3.05, 3.63) is 29.6 Å². The standard InChI is InChI=1S/C18H28FN5O.HI/c1-13(14-4-5-17(25-3)16(19)10-14)22-18(20-2)21-11-15-12-23-6-8-24(15)9-7-23;/h4-5,10,13,15H,6-9,11-12H2,1-3H3,(H2,20,21,22);1H. The second-order valence-electron chi connectivity index (χ2n) is 6.70. The molecule has 0 spiro atoms. The van der Waals surface area contributed by atoms with Crippen molar-refractivity contribution < 1.29 is 9.13 Å². The van der Waals surface area contributed by atoms with Crippen LogP contribution in [-0.2, 0) is 0 Å². The number of nitrogens with one attached hydrogen (secondary N) is 2. The molecule has 6 nitrogen and oxygen atoms in total. The summed E-state index contributed by atoms with van der Waals surface area (Å²) in [6.45, 7) is 8.64. The Balaban J connectivity index is 0.00000243. The van der Waals surface area contributed by atoms with Crippen LogP contribution in [0.3, 0.4) is 0 Å². The van der Waals surface area contributed by atoms with Crippen molar-refractivity contribution in [2.24, 2.45) is 4.99 Å². The highest BCUT2D eigenvalue weighted by atomic mass is 127. The van der Waals surface area contributed by atoms with E-state index in [1.165, 1.54) is 26.3 Å².